The number of rotatable bonds is 15. The van der Waals surface area contributed by atoms with Gasteiger partial charge in [0.2, 0.25) is 21.8 Å². The second kappa shape index (κ2) is 16.2. The molecule has 0 unspecified atom stereocenters. The van der Waals surface area contributed by atoms with Crippen molar-refractivity contribution in [1.29, 1.82) is 0 Å². The highest BCUT2D eigenvalue weighted by atomic mass is 32.2. The molecule has 4 amide bonds. The number of fused-ring (bicyclic) bond motifs is 1. The van der Waals surface area contributed by atoms with Crippen LogP contribution in [0.3, 0.4) is 0 Å². The van der Waals surface area contributed by atoms with E-state index in [1.807, 2.05) is 50.2 Å². The van der Waals surface area contributed by atoms with Gasteiger partial charge in [-0.15, -0.1) is 0 Å². The van der Waals surface area contributed by atoms with Crippen molar-refractivity contribution in [2.45, 2.75) is 63.2 Å². The molecule has 3 N–H and O–H groups in total. The first kappa shape index (κ1) is 37.1. The minimum absolute atomic E-state index is 0.0500. The summed E-state index contributed by atoms with van der Waals surface area (Å²) in [6, 6.07) is 28.0. The number of hydrogen-bond donors (Lipinski definition) is 3. The van der Waals surface area contributed by atoms with Crippen LogP contribution in [0.2, 0.25) is 0 Å². The number of benzene rings is 4. The second-order valence-corrected chi connectivity index (χ2v) is 15.0. The summed E-state index contributed by atoms with van der Waals surface area (Å²) in [4.78, 5) is 53.6. The first-order valence-corrected chi connectivity index (χ1v) is 18.2. The molecule has 0 saturated heterocycles. The summed E-state index contributed by atoms with van der Waals surface area (Å²) in [5.41, 5.74) is 2.31. The van der Waals surface area contributed by atoms with Crippen LogP contribution >= 0.6 is 0 Å². The molecule has 12 heteroatoms. The van der Waals surface area contributed by atoms with Crippen molar-refractivity contribution in [3.8, 4) is 0 Å². The smallest absolute Gasteiger partial charge is 0.262 e. The van der Waals surface area contributed by atoms with E-state index in [1.54, 1.807) is 48.5 Å². The quantitative estimate of drug-likeness (QED) is 0.152. The summed E-state index contributed by atoms with van der Waals surface area (Å²) in [5, 5.41) is 17.4. The minimum Gasteiger partial charge on any atom is -0.390 e. The fourth-order valence-corrected chi connectivity index (χ4v) is 7.58. The lowest BCUT2D eigenvalue weighted by atomic mass is 9.98. The van der Waals surface area contributed by atoms with Crippen LogP contribution in [-0.4, -0.2) is 71.1 Å². The fraction of sp³-hybridized carbons (Fsp3) is 0.282. The van der Waals surface area contributed by atoms with Crippen molar-refractivity contribution in [2.75, 3.05) is 11.9 Å². The Balaban J connectivity index is 1.46. The average molecular weight is 711 g/mol. The van der Waals surface area contributed by atoms with Gasteiger partial charge in [0.15, 0.2) is 0 Å². The highest BCUT2D eigenvalue weighted by molar-refractivity contribution is 7.89. The number of aliphatic hydroxyl groups excluding tert-OH is 1. The highest BCUT2D eigenvalue weighted by Gasteiger charge is 2.43. The SMILES string of the molecule is CC(=O)Nc1ccc(S(=O)(=O)N(Cc2ccccc2)C[C@@H](O)[C@H](Cc2ccccc2)NC(=O)[C@H](CC(C)C)N2C(=O)c3ccccc3C2=O)cc1. The summed E-state index contributed by atoms with van der Waals surface area (Å²) in [5.74, 6) is -2.15. The molecule has 0 saturated carbocycles. The van der Waals surface area contributed by atoms with Gasteiger partial charge in [0, 0.05) is 25.7 Å². The van der Waals surface area contributed by atoms with Crippen LogP contribution in [0, 0.1) is 5.92 Å². The predicted molar refractivity (Wildman–Crippen MR) is 193 cm³/mol. The third-order valence-electron chi connectivity index (χ3n) is 8.63. The highest BCUT2D eigenvalue weighted by Crippen LogP contribution is 2.28. The standard InChI is InChI=1S/C39H42N4O7S/c1-26(2)22-35(43-38(47)32-16-10-11-17-33(32)39(43)48)37(46)41-34(23-28-12-6-4-7-13-28)36(45)25-42(24-29-14-8-5-9-15-29)51(49,50)31-20-18-30(19-21-31)40-27(3)44/h4-21,26,34-36,45H,22-25H2,1-3H3,(H,40,44)(H,41,46)/t34-,35-,36+/m0/s1. The molecule has 0 spiro atoms. The van der Waals surface area contributed by atoms with Crippen LogP contribution in [-0.2, 0) is 32.6 Å². The molecule has 0 fully saturated rings. The number of sulfonamides is 1. The van der Waals surface area contributed by atoms with E-state index >= 15 is 0 Å². The molecule has 4 aromatic carbocycles. The van der Waals surface area contributed by atoms with Gasteiger partial charge in [-0.2, -0.15) is 4.31 Å². The zero-order valence-electron chi connectivity index (χ0n) is 28.7. The van der Waals surface area contributed by atoms with Crippen molar-refractivity contribution in [1.82, 2.24) is 14.5 Å². The van der Waals surface area contributed by atoms with Gasteiger partial charge in [-0.3, -0.25) is 24.1 Å². The van der Waals surface area contributed by atoms with Crippen molar-refractivity contribution in [2.24, 2.45) is 5.92 Å². The molecule has 0 radical (unpaired) electrons. The number of anilines is 1. The number of hydrogen-bond acceptors (Lipinski definition) is 7. The molecule has 11 nitrogen and oxygen atoms in total. The molecule has 3 atom stereocenters. The maximum absolute atomic E-state index is 14.2. The maximum Gasteiger partial charge on any atom is 0.262 e. The van der Waals surface area contributed by atoms with Gasteiger partial charge in [-0.25, -0.2) is 8.42 Å². The van der Waals surface area contributed by atoms with Gasteiger partial charge >= 0.3 is 0 Å². The summed E-state index contributed by atoms with van der Waals surface area (Å²) in [7, 11) is -4.21. The monoisotopic (exact) mass is 710 g/mol. The number of amides is 4. The largest absolute Gasteiger partial charge is 0.390 e. The zero-order valence-corrected chi connectivity index (χ0v) is 29.5. The molecule has 4 aromatic rings. The van der Waals surface area contributed by atoms with Gasteiger partial charge < -0.3 is 15.7 Å². The molecule has 1 aliphatic heterocycles. The zero-order chi connectivity index (χ0) is 36.7. The molecule has 51 heavy (non-hydrogen) atoms. The molecule has 0 aliphatic carbocycles. The van der Waals surface area contributed by atoms with E-state index in [1.165, 1.54) is 31.2 Å². The number of nitrogens with one attached hydrogen (secondary N) is 2. The minimum atomic E-state index is -4.21. The van der Waals surface area contributed by atoms with Crippen LogP contribution in [0.4, 0.5) is 5.69 Å². The Kier molecular flexibility index (Phi) is 11.8. The Hall–Kier alpha value is -5.17. The first-order chi connectivity index (χ1) is 24.3. The number of nitrogens with zero attached hydrogens (tertiary/aromatic N) is 2. The lowest BCUT2D eigenvalue weighted by molar-refractivity contribution is -0.127. The summed E-state index contributed by atoms with van der Waals surface area (Å²) >= 11 is 0. The van der Waals surface area contributed by atoms with E-state index in [0.29, 0.717) is 11.3 Å². The van der Waals surface area contributed by atoms with Crippen LogP contribution in [0.15, 0.2) is 114 Å². The van der Waals surface area contributed by atoms with Crippen molar-refractivity contribution < 1.29 is 32.7 Å². The van der Waals surface area contributed by atoms with Crippen LogP contribution < -0.4 is 10.6 Å². The fourth-order valence-electron chi connectivity index (χ4n) is 6.13. The van der Waals surface area contributed by atoms with Gasteiger partial charge in [0.25, 0.3) is 11.8 Å². The van der Waals surface area contributed by atoms with E-state index in [0.717, 1.165) is 14.8 Å². The number of carbonyl (C=O) groups is 4. The molecular weight excluding hydrogens is 669 g/mol. The van der Waals surface area contributed by atoms with Gasteiger partial charge in [-0.05, 0) is 66.3 Å². The van der Waals surface area contributed by atoms with Gasteiger partial charge in [-0.1, -0.05) is 86.6 Å². The van der Waals surface area contributed by atoms with E-state index < -0.39 is 52.5 Å². The third kappa shape index (κ3) is 8.95. The lowest BCUT2D eigenvalue weighted by Gasteiger charge is -2.33. The average Bonchev–Trinajstić information content (AvgIpc) is 3.36. The van der Waals surface area contributed by atoms with E-state index in [4.69, 9.17) is 0 Å². The Morgan fingerprint density at radius 1 is 0.784 bits per heavy atom. The Bertz CT molecular complexity index is 1930. The van der Waals surface area contributed by atoms with Gasteiger partial charge in [0.1, 0.15) is 6.04 Å². The molecule has 5 rings (SSSR count). The second-order valence-electron chi connectivity index (χ2n) is 13.0. The van der Waals surface area contributed by atoms with Crippen molar-refractivity contribution in [3.63, 3.8) is 0 Å². The van der Waals surface area contributed by atoms with Crippen molar-refractivity contribution in [3.05, 3.63) is 131 Å². The van der Waals surface area contributed by atoms with Crippen molar-refractivity contribution >= 4 is 39.3 Å². The molecule has 0 bridgehead atoms. The summed E-state index contributed by atoms with van der Waals surface area (Å²) < 4.78 is 29.5. The Morgan fingerprint density at radius 2 is 1.31 bits per heavy atom. The van der Waals surface area contributed by atoms with E-state index in [-0.39, 0.29) is 47.2 Å². The molecule has 0 aromatic heterocycles. The number of carbonyl (C=O) groups excluding carboxylic acids is 4. The molecule has 1 aliphatic rings. The third-order valence-corrected chi connectivity index (χ3v) is 10.5. The molecule has 266 valence electrons. The normalized spacial score (nSPS) is 14.7. The van der Waals surface area contributed by atoms with E-state index in [9.17, 15) is 32.7 Å². The maximum atomic E-state index is 14.2. The topological polar surface area (TPSA) is 153 Å². The van der Waals surface area contributed by atoms with Gasteiger partial charge in [0.05, 0.1) is 28.2 Å². The summed E-state index contributed by atoms with van der Waals surface area (Å²) in [6.45, 7) is 4.63. The van der Waals surface area contributed by atoms with Crippen LogP contribution in [0.1, 0.15) is 59.0 Å². The first-order valence-electron chi connectivity index (χ1n) is 16.8. The number of aliphatic hydroxyl groups is 1. The predicted octanol–water partition coefficient (Wildman–Crippen LogP) is 4.64. The van der Waals surface area contributed by atoms with E-state index in [2.05, 4.69) is 10.6 Å². The van der Waals surface area contributed by atoms with Crippen LogP contribution in [0.25, 0.3) is 0 Å². The number of imide groups is 1. The van der Waals surface area contributed by atoms with Crippen LogP contribution in [0.5, 0.6) is 0 Å². The molecular formula is C39H42N4O7S. The lowest BCUT2D eigenvalue weighted by Crippen LogP contribution is -2.56. The Labute approximate surface area is 298 Å². The summed E-state index contributed by atoms with van der Waals surface area (Å²) in [6.07, 6.45) is -1.11. The molecule has 1 heterocycles. The Morgan fingerprint density at radius 3 is 1.84 bits per heavy atom.